The van der Waals surface area contributed by atoms with Gasteiger partial charge < -0.3 is 10.1 Å². The van der Waals surface area contributed by atoms with E-state index < -0.39 is 5.60 Å². The molecule has 4 nitrogen and oxygen atoms in total. The third kappa shape index (κ3) is 5.66. The number of alkyl carbamates (subject to hydrolysis) is 1. The molecule has 0 unspecified atom stereocenters. The number of carbonyl (C=O) groups is 1. The maximum atomic E-state index is 13.8. The van der Waals surface area contributed by atoms with Gasteiger partial charge in [-0.2, -0.15) is 0 Å². The zero-order valence-corrected chi connectivity index (χ0v) is 14.6. The first-order valence-corrected chi connectivity index (χ1v) is 8.27. The molecule has 0 spiro atoms. The lowest BCUT2D eigenvalue weighted by Gasteiger charge is -2.33. The van der Waals surface area contributed by atoms with Gasteiger partial charge in [0.15, 0.2) is 0 Å². The van der Waals surface area contributed by atoms with E-state index in [4.69, 9.17) is 16.3 Å². The smallest absolute Gasteiger partial charge is 0.407 e. The predicted molar refractivity (Wildman–Crippen MR) is 89.1 cm³/mol. The minimum atomic E-state index is -0.494. The Morgan fingerprint density at radius 1 is 1.39 bits per heavy atom. The zero-order chi connectivity index (χ0) is 17.0. The summed E-state index contributed by atoms with van der Waals surface area (Å²) in [4.78, 5) is 13.9. The minimum absolute atomic E-state index is 0.0946. The molecule has 0 saturated carbocycles. The Morgan fingerprint density at radius 3 is 2.61 bits per heavy atom. The van der Waals surface area contributed by atoms with Crippen molar-refractivity contribution in [3.8, 4) is 0 Å². The fraction of sp³-hybridized carbons (Fsp3) is 0.588. The van der Waals surface area contributed by atoms with Gasteiger partial charge in [0, 0.05) is 36.3 Å². The van der Waals surface area contributed by atoms with Crippen LogP contribution in [-0.4, -0.2) is 35.7 Å². The van der Waals surface area contributed by atoms with Gasteiger partial charge in [-0.05, 0) is 45.7 Å². The second-order valence-corrected chi connectivity index (χ2v) is 7.30. The summed E-state index contributed by atoms with van der Waals surface area (Å²) in [5.74, 6) is -0.272. The van der Waals surface area contributed by atoms with Crippen molar-refractivity contribution in [1.29, 1.82) is 0 Å². The van der Waals surface area contributed by atoms with Gasteiger partial charge in [-0.15, -0.1) is 0 Å². The van der Waals surface area contributed by atoms with E-state index in [2.05, 4.69) is 10.2 Å². The molecule has 0 atom stereocenters. The average Bonchev–Trinajstić information content (AvgIpc) is 2.43. The SMILES string of the molecule is CC(C)(C)OC(=O)NC1CCN(Cc2c(F)cccc2Cl)CC1. The fourth-order valence-corrected chi connectivity index (χ4v) is 2.84. The molecule has 1 amide bonds. The number of rotatable bonds is 3. The monoisotopic (exact) mass is 342 g/mol. The molecule has 0 radical (unpaired) electrons. The average molecular weight is 343 g/mol. The van der Waals surface area contributed by atoms with Crippen molar-refractivity contribution in [2.24, 2.45) is 0 Å². The molecule has 1 N–H and O–H groups in total. The van der Waals surface area contributed by atoms with Gasteiger partial charge in [0.25, 0.3) is 0 Å². The van der Waals surface area contributed by atoms with Crippen LogP contribution in [0.2, 0.25) is 5.02 Å². The number of hydrogen-bond donors (Lipinski definition) is 1. The normalized spacial score (nSPS) is 17.1. The lowest BCUT2D eigenvalue weighted by molar-refractivity contribution is 0.0477. The maximum absolute atomic E-state index is 13.8. The number of halogens is 2. The first kappa shape index (κ1) is 18.0. The minimum Gasteiger partial charge on any atom is -0.444 e. The highest BCUT2D eigenvalue weighted by molar-refractivity contribution is 6.31. The first-order chi connectivity index (χ1) is 10.7. The second-order valence-electron chi connectivity index (χ2n) is 6.90. The summed E-state index contributed by atoms with van der Waals surface area (Å²) in [6.07, 6.45) is 1.24. The summed E-state index contributed by atoms with van der Waals surface area (Å²) in [7, 11) is 0. The molecule has 1 fully saturated rings. The van der Waals surface area contributed by atoms with E-state index in [1.807, 2.05) is 20.8 Å². The van der Waals surface area contributed by atoms with Crippen molar-refractivity contribution >= 4 is 17.7 Å². The second kappa shape index (κ2) is 7.49. The molecular weight excluding hydrogens is 319 g/mol. The lowest BCUT2D eigenvalue weighted by atomic mass is 10.0. The Morgan fingerprint density at radius 2 is 2.04 bits per heavy atom. The number of piperidine rings is 1. The third-order valence-electron chi connectivity index (χ3n) is 3.75. The van der Waals surface area contributed by atoms with E-state index in [0.717, 1.165) is 25.9 Å². The van der Waals surface area contributed by atoms with Crippen LogP contribution < -0.4 is 5.32 Å². The molecule has 1 aromatic carbocycles. The van der Waals surface area contributed by atoms with Crippen LogP contribution in [0.5, 0.6) is 0 Å². The molecular formula is C17H24ClFN2O2. The van der Waals surface area contributed by atoms with E-state index in [-0.39, 0.29) is 18.0 Å². The van der Waals surface area contributed by atoms with Crippen molar-refractivity contribution in [3.05, 3.63) is 34.6 Å². The molecule has 6 heteroatoms. The Hall–Kier alpha value is -1.33. The summed E-state index contributed by atoms with van der Waals surface area (Å²) in [5.41, 5.74) is 0.0412. The molecule has 23 heavy (non-hydrogen) atoms. The topological polar surface area (TPSA) is 41.6 Å². The molecule has 1 heterocycles. The fourth-order valence-electron chi connectivity index (χ4n) is 2.62. The Labute approximate surface area is 141 Å². The molecule has 2 rings (SSSR count). The van der Waals surface area contributed by atoms with Gasteiger partial charge in [-0.3, -0.25) is 4.90 Å². The maximum Gasteiger partial charge on any atom is 0.407 e. The van der Waals surface area contributed by atoms with Crippen LogP contribution in [0.3, 0.4) is 0 Å². The van der Waals surface area contributed by atoms with E-state index in [9.17, 15) is 9.18 Å². The van der Waals surface area contributed by atoms with Crippen LogP contribution in [0.4, 0.5) is 9.18 Å². The summed E-state index contributed by atoms with van der Waals surface area (Å²) in [6.45, 7) is 7.58. The molecule has 128 valence electrons. The van der Waals surface area contributed by atoms with Gasteiger partial charge >= 0.3 is 6.09 Å². The van der Waals surface area contributed by atoms with Crippen LogP contribution in [0, 0.1) is 5.82 Å². The van der Waals surface area contributed by atoms with Gasteiger partial charge in [-0.1, -0.05) is 17.7 Å². The number of benzene rings is 1. The van der Waals surface area contributed by atoms with E-state index in [1.54, 1.807) is 12.1 Å². The number of nitrogens with zero attached hydrogens (tertiary/aromatic N) is 1. The van der Waals surface area contributed by atoms with Gasteiger partial charge in [-0.25, -0.2) is 9.18 Å². The van der Waals surface area contributed by atoms with Crippen molar-refractivity contribution in [3.63, 3.8) is 0 Å². The van der Waals surface area contributed by atoms with Crippen LogP contribution in [0.15, 0.2) is 18.2 Å². The summed E-state index contributed by atoms with van der Waals surface area (Å²) in [5, 5.41) is 3.35. The third-order valence-corrected chi connectivity index (χ3v) is 4.11. The van der Waals surface area contributed by atoms with Gasteiger partial charge in [0.2, 0.25) is 0 Å². The highest BCUT2D eigenvalue weighted by Gasteiger charge is 2.24. The molecule has 0 aliphatic carbocycles. The van der Waals surface area contributed by atoms with Crippen LogP contribution in [-0.2, 0) is 11.3 Å². The largest absolute Gasteiger partial charge is 0.444 e. The number of ether oxygens (including phenoxy) is 1. The number of carbonyl (C=O) groups excluding carboxylic acids is 1. The Balaban J connectivity index is 1.81. The van der Waals surface area contributed by atoms with Crippen LogP contribution in [0.1, 0.15) is 39.2 Å². The Kier molecular flexibility index (Phi) is 5.87. The molecule has 0 bridgehead atoms. The van der Waals surface area contributed by atoms with Crippen LogP contribution >= 0.6 is 11.6 Å². The quantitative estimate of drug-likeness (QED) is 0.903. The lowest BCUT2D eigenvalue weighted by Crippen LogP contribution is -2.45. The van der Waals surface area contributed by atoms with Crippen molar-refractivity contribution in [2.75, 3.05) is 13.1 Å². The number of amides is 1. The number of likely N-dealkylation sites (tertiary alicyclic amines) is 1. The van der Waals surface area contributed by atoms with Crippen molar-refractivity contribution in [1.82, 2.24) is 10.2 Å². The summed E-state index contributed by atoms with van der Waals surface area (Å²) < 4.78 is 19.1. The van der Waals surface area contributed by atoms with E-state index >= 15 is 0 Å². The first-order valence-electron chi connectivity index (χ1n) is 7.89. The number of nitrogens with one attached hydrogen (secondary N) is 1. The van der Waals surface area contributed by atoms with Crippen LogP contribution in [0.25, 0.3) is 0 Å². The molecule has 1 aliphatic heterocycles. The zero-order valence-electron chi connectivity index (χ0n) is 13.9. The number of hydrogen-bond acceptors (Lipinski definition) is 3. The van der Waals surface area contributed by atoms with E-state index in [1.165, 1.54) is 6.07 Å². The standard InChI is InChI=1S/C17H24ClFN2O2/c1-17(2,3)23-16(22)20-12-7-9-21(10-8-12)11-13-14(18)5-4-6-15(13)19/h4-6,12H,7-11H2,1-3H3,(H,20,22). The highest BCUT2D eigenvalue weighted by Crippen LogP contribution is 2.22. The molecule has 1 aliphatic rings. The highest BCUT2D eigenvalue weighted by atomic mass is 35.5. The van der Waals surface area contributed by atoms with Crippen molar-refractivity contribution < 1.29 is 13.9 Å². The molecule has 0 aromatic heterocycles. The predicted octanol–water partition coefficient (Wildman–Crippen LogP) is 3.97. The Bertz CT molecular complexity index is 532. The van der Waals surface area contributed by atoms with Crippen molar-refractivity contribution in [2.45, 2.75) is 51.8 Å². The summed E-state index contributed by atoms with van der Waals surface area (Å²) >= 11 is 6.07. The molecule has 1 saturated heterocycles. The van der Waals surface area contributed by atoms with Gasteiger partial charge in [0.05, 0.1) is 0 Å². The summed E-state index contributed by atoms with van der Waals surface area (Å²) in [6, 6.07) is 4.84. The van der Waals surface area contributed by atoms with E-state index in [0.29, 0.717) is 17.1 Å². The van der Waals surface area contributed by atoms with Gasteiger partial charge in [0.1, 0.15) is 11.4 Å². The molecule has 1 aromatic rings.